The topological polar surface area (TPSA) is 102 Å². The standard InChI is InChI=1S/C24H24BNO2.C24H15N3.C6H3BrN2/c1-23(2)24(3,4)28-25(27-23)17-10-9-11-18(16-17)26-21-14-7-5-12-19(21)20-13-6-8-15-22(20)26;25-14-17-12-19(16-26-15-17)18-6-5-7-20(13-18)27-23-10-3-1-8-21(23)22-9-2-4-11-24(22)27;7-6-1-5(2-8)3-9-4-6/h5-16H,1-4H3;1-13,15-16H;1,3-4H. The lowest BCUT2D eigenvalue weighted by atomic mass is 9.79. The minimum absolute atomic E-state index is 0.347. The van der Waals surface area contributed by atoms with E-state index in [9.17, 15) is 0 Å². The van der Waals surface area contributed by atoms with Crippen molar-refractivity contribution in [1.29, 1.82) is 10.5 Å². The van der Waals surface area contributed by atoms with Crippen molar-refractivity contribution in [2.45, 2.75) is 38.9 Å². The fourth-order valence-corrected chi connectivity index (χ4v) is 8.51. The molecule has 0 aliphatic carbocycles. The van der Waals surface area contributed by atoms with Gasteiger partial charge in [0, 0.05) is 67.7 Å². The lowest BCUT2D eigenvalue weighted by Gasteiger charge is -2.32. The first kappa shape index (κ1) is 42.0. The molecule has 0 saturated carbocycles. The Labute approximate surface area is 380 Å². The van der Waals surface area contributed by atoms with Crippen LogP contribution in [0, 0.1) is 22.7 Å². The molecule has 4 aromatic heterocycles. The SMILES string of the molecule is CC1(C)OB(c2cccc(-n3c4ccccc4c4ccccc43)c2)OC1(C)C.N#Cc1cncc(-c2cccc(-n3c4ccccc4c4ccccc43)c2)c1.N#Cc1cncc(Br)c1. The summed E-state index contributed by atoms with van der Waals surface area (Å²) in [6, 6.07) is 58.6. The quantitative estimate of drug-likeness (QED) is 0.163. The van der Waals surface area contributed by atoms with Gasteiger partial charge in [0.05, 0.1) is 44.4 Å². The third-order valence-electron chi connectivity index (χ3n) is 12.0. The number of pyridine rings is 2. The molecule has 8 nitrogen and oxygen atoms in total. The molecule has 11 rings (SSSR count). The second-order valence-electron chi connectivity index (χ2n) is 16.6. The maximum absolute atomic E-state index is 9.16. The predicted molar refractivity (Wildman–Crippen MR) is 262 cm³/mol. The Morgan fingerprint density at radius 1 is 0.484 bits per heavy atom. The van der Waals surface area contributed by atoms with E-state index in [1.807, 2.05) is 18.2 Å². The van der Waals surface area contributed by atoms with Crippen LogP contribution in [0.3, 0.4) is 0 Å². The van der Waals surface area contributed by atoms with E-state index in [0.29, 0.717) is 11.1 Å². The number of rotatable bonds is 4. The molecule has 0 N–H and O–H groups in total. The van der Waals surface area contributed by atoms with Crippen molar-refractivity contribution in [3.8, 4) is 34.6 Å². The van der Waals surface area contributed by atoms with Crippen LogP contribution in [-0.4, -0.2) is 37.4 Å². The average Bonchev–Trinajstić information content (AvgIpc) is 3.92. The third-order valence-corrected chi connectivity index (χ3v) is 12.4. The molecule has 1 saturated heterocycles. The van der Waals surface area contributed by atoms with Gasteiger partial charge in [-0.05, 0) is 115 Å². The summed E-state index contributed by atoms with van der Waals surface area (Å²) >= 11 is 3.19. The summed E-state index contributed by atoms with van der Waals surface area (Å²) in [5.74, 6) is 0. The molecular weight excluding hydrogens is 855 g/mol. The molecular formula is C54H42BBrN6O2. The van der Waals surface area contributed by atoms with Gasteiger partial charge in [-0.3, -0.25) is 9.97 Å². The molecule has 1 aliphatic rings. The Bertz CT molecular complexity index is 3310. The van der Waals surface area contributed by atoms with Crippen LogP contribution in [0.15, 0.2) is 187 Å². The fourth-order valence-electron chi connectivity index (χ4n) is 8.15. The van der Waals surface area contributed by atoms with Gasteiger partial charge < -0.3 is 18.4 Å². The number of hydrogen-bond acceptors (Lipinski definition) is 6. The van der Waals surface area contributed by atoms with Gasteiger partial charge in [-0.2, -0.15) is 10.5 Å². The van der Waals surface area contributed by atoms with Crippen molar-refractivity contribution in [3.63, 3.8) is 0 Å². The van der Waals surface area contributed by atoms with Crippen molar-refractivity contribution >= 4 is 72.1 Å². The first-order valence-electron chi connectivity index (χ1n) is 20.9. The minimum atomic E-state index is -0.363. The Kier molecular flexibility index (Phi) is 11.4. The van der Waals surface area contributed by atoms with Gasteiger partial charge in [-0.15, -0.1) is 0 Å². The summed E-state index contributed by atoms with van der Waals surface area (Å²) < 4.78 is 18.0. The second-order valence-corrected chi connectivity index (χ2v) is 17.5. The Morgan fingerprint density at radius 2 is 0.922 bits per heavy atom. The number of halogens is 1. The number of nitrogens with zero attached hydrogens (tertiary/aromatic N) is 6. The molecule has 64 heavy (non-hydrogen) atoms. The zero-order valence-corrected chi connectivity index (χ0v) is 37.4. The number of fused-ring (bicyclic) bond motifs is 6. The van der Waals surface area contributed by atoms with Crippen molar-refractivity contribution in [2.75, 3.05) is 0 Å². The van der Waals surface area contributed by atoms with E-state index in [4.69, 9.17) is 19.8 Å². The largest absolute Gasteiger partial charge is 0.494 e. The smallest absolute Gasteiger partial charge is 0.399 e. The third kappa shape index (κ3) is 8.07. The monoisotopic (exact) mass is 896 g/mol. The molecule has 10 aromatic rings. The molecule has 6 aromatic carbocycles. The van der Waals surface area contributed by atoms with E-state index in [1.54, 1.807) is 24.7 Å². The van der Waals surface area contributed by atoms with Gasteiger partial charge in [-0.1, -0.05) is 97.1 Å². The van der Waals surface area contributed by atoms with Crippen LogP contribution < -0.4 is 5.46 Å². The van der Waals surface area contributed by atoms with E-state index >= 15 is 0 Å². The number of para-hydroxylation sites is 4. The highest BCUT2D eigenvalue weighted by molar-refractivity contribution is 9.10. The highest BCUT2D eigenvalue weighted by Gasteiger charge is 2.51. The van der Waals surface area contributed by atoms with Gasteiger partial charge in [0.2, 0.25) is 0 Å². The van der Waals surface area contributed by atoms with Gasteiger partial charge in [-0.25, -0.2) is 0 Å². The van der Waals surface area contributed by atoms with Crippen molar-refractivity contribution in [2.24, 2.45) is 0 Å². The molecule has 0 bridgehead atoms. The molecule has 0 unspecified atom stereocenters. The highest BCUT2D eigenvalue weighted by atomic mass is 79.9. The van der Waals surface area contributed by atoms with E-state index < -0.39 is 0 Å². The molecule has 1 fully saturated rings. The lowest BCUT2D eigenvalue weighted by molar-refractivity contribution is 0.00578. The molecule has 10 heteroatoms. The normalized spacial score (nSPS) is 13.8. The summed E-state index contributed by atoms with van der Waals surface area (Å²) in [4.78, 5) is 7.98. The van der Waals surface area contributed by atoms with Crippen LogP contribution in [0.4, 0.5) is 0 Å². The summed E-state index contributed by atoms with van der Waals surface area (Å²) in [6.45, 7) is 8.35. The van der Waals surface area contributed by atoms with Crippen molar-refractivity contribution < 1.29 is 9.31 Å². The summed E-state index contributed by atoms with van der Waals surface area (Å²) in [5.41, 5.74) is 10.4. The van der Waals surface area contributed by atoms with E-state index in [2.05, 4.69) is 208 Å². The Balaban J connectivity index is 0.000000136. The first-order valence-corrected chi connectivity index (χ1v) is 21.7. The molecule has 0 atom stereocenters. The predicted octanol–water partition coefficient (Wildman–Crippen LogP) is 12.5. The van der Waals surface area contributed by atoms with E-state index in [0.717, 1.165) is 32.4 Å². The fraction of sp³-hybridized carbons (Fsp3) is 0.111. The first-order chi connectivity index (χ1) is 31.0. The van der Waals surface area contributed by atoms with Crippen LogP contribution in [0.1, 0.15) is 38.8 Å². The minimum Gasteiger partial charge on any atom is -0.399 e. The van der Waals surface area contributed by atoms with Crippen LogP contribution >= 0.6 is 15.9 Å². The maximum atomic E-state index is 9.16. The van der Waals surface area contributed by atoms with Gasteiger partial charge in [0.25, 0.3) is 0 Å². The number of aromatic nitrogens is 4. The van der Waals surface area contributed by atoms with Crippen LogP contribution in [0.2, 0.25) is 0 Å². The van der Waals surface area contributed by atoms with Gasteiger partial charge >= 0.3 is 7.12 Å². The van der Waals surface area contributed by atoms with Crippen molar-refractivity contribution in [1.82, 2.24) is 19.1 Å². The van der Waals surface area contributed by atoms with E-state index in [-0.39, 0.29) is 18.3 Å². The molecule has 0 spiro atoms. The van der Waals surface area contributed by atoms with Crippen LogP contribution in [0.5, 0.6) is 0 Å². The molecule has 1 aliphatic heterocycles. The second kappa shape index (κ2) is 17.4. The lowest BCUT2D eigenvalue weighted by Crippen LogP contribution is -2.41. The van der Waals surface area contributed by atoms with Crippen LogP contribution in [-0.2, 0) is 9.31 Å². The van der Waals surface area contributed by atoms with Gasteiger partial charge in [0.15, 0.2) is 0 Å². The zero-order chi connectivity index (χ0) is 44.4. The number of nitriles is 2. The Hall–Kier alpha value is -7.34. The zero-order valence-electron chi connectivity index (χ0n) is 35.8. The summed E-state index contributed by atoms with van der Waals surface area (Å²) in [6.07, 6.45) is 6.54. The number of benzene rings is 6. The Morgan fingerprint density at radius 3 is 1.39 bits per heavy atom. The molecule has 0 radical (unpaired) electrons. The average molecular weight is 898 g/mol. The van der Waals surface area contributed by atoms with Crippen molar-refractivity contribution in [3.05, 3.63) is 198 Å². The number of hydrogen-bond donors (Lipinski definition) is 0. The van der Waals surface area contributed by atoms with Gasteiger partial charge in [0.1, 0.15) is 12.1 Å². The molecule has 310 valence electrons. The van der Waals surface area contributed by atoms with Crippen LogP contribution in [0.25, 0.3) is 66.1 Å². The summed E-state index contributed by atoms with van der Waals surface area (Å²) in [5, 5.41) is 22.5. The highest BCUT2D eigenvalue weighted by Crippen LogP contribution is 2.38. The summed E-state index contributed by atoms with van der Waals surface area (Å²) in [7, 11) is -0.363. The maximum Gasteiger partial charge on any atom is 0.494 e. The van der Waals surface area contributed by atoms with E-state index in [1.165, 1.54) is 49.8 Å². The molecule has 5 heterocycles. The molecule has 0 amide bonds.